The quantitative estimate of drug-likeness (QED) is 0.810. The molecule has 0 fully saturated rings. The molecule has 0 saturated heterocycles. The Morgan fingerprint density at radius 2 is 2.31 bits per heavy atom. The standard InChI is InChI=1S/C10H17NS2/c1-8(12-3)6-11-9(2)10-4-5-13-7-10/h4-5,7-9,11H,6H2,1-3H3. The Morgan fingerprint density at radius 1 is 1.54 bits per heavy atom. The van der Waals surface area contributed by atoms with Gasteiger partial charge in [-0.25, -0.2) is 0 Å². The van der Waals surface area contributed by atoms with Crippen molar-refractivity contribution in [2.24, 2.45) is 0 Å². The molecule has 0 aromatic carbocycles. The molecular formula is C10H17NS2. The zero-order chi connectivity index (χ0) is 9.68. The van der Waals surface area contributed by atoms with Crippen LogP contribution in [0.4, 0.5) is 0 Å². The molecule has 0 amide bonds. The van der Waals surface area contributed by atoms with E-state index in [2.05, 4.69) is 42.2 Å². The second-order valence-corrected chi connectivity index (χ2v) is 5.29. The fourth-order valence-corrected chi connectivity index (χ4v) is 2.08. The molecule has 3 heteroatoms. The van der Waals surface area contributed by atoms with Crippen molar-refractivity contribution in [3.63, 3.8) is 0 Å². The van der Waals surface area contributed by atoms with Crippen LogP contribution in [0.2, 0.25) is 0 Å². The van der Waals surface area contributed by atoms with Gasteiger partial charge in [0, 0.05) is 17.8 Å². The van der Waals surface area contributed by atoms with E-state index in [1.165, 1.54) is 5.56 Å². The van der Waals surface area contributed by atoms with Crippen molar-refractivity contribution in [1.29, 1.82) is 0 Å². The predicted octanol–water partition coefficient (Wildman–Crippen LogP) is 3.15. The van der Waals surface area contributed by atoms with Gasteiger partial charge in [-0.1, -0.05) is 6.92 Å². The molecule has 0 spiro atoms. The molecule has 2 unspecified atom stereocenters. The molecule has 0 aliphatic rings. The lowest BCUT2D eigenvalue weighted by Gasteiger charge is -2.15. The molecular weight excluding hydrogens is 198 g/mol. The molecule has 1 heterocycles. The van der Waals surface area contributed by atoms with Crippen LogP contribution >= 0.6 is 23.1 Å². The van der Waals surface area contributed by atoms with Crippen molar-refractivity contribution in [1.82, 2.24) is 5.32 Å². The molecule has 0 bridgehead atoms. The van der Waals surface area contributed by atoms with Crippen molar-refractivity contribution in [2.75, 3.05) is 12.8 Å². The van der Waals surface area contributed by atoms with Crippen molar-refractivity contribution in [2.45, 2.75) is 25.1 Å². The molecule has 1 rings (SSSR count). The van der Waals surface area contributed by atoms with E-state index < -0.39 is 0 Å². The van der Waals surface area contributed by atoms with E-state index in [1.54, 1.807) is 11.3 Å². The Bertz CT molecular complexity index is 221. The highest BCUT2D eigenvalue weighted by Crippen LogP contribution is 2.16. The zero-order valence-corrected chi connectivity index (χ0v) is 10.0. The number of nitrogens with one attached hydrogen (secondary N) is 1. The molecule has 0 radical (unpaired) electrons. The summed E-state index contributed by atoms with van der Waals surface area (Å²) in [6, 6.07) is 2.67. The molecule has 1 nitrogen and oxygen atoms in total. The smallest absolute Gasteiger partial charge is 0.0300 e. The molecule has 1 N–H and O–H groups in total. The van der Waals surface area contributed by atoms with Gasteiger partial charge < -0.3 is 5.32 Å². The number of thiophene rings is 1. The number of hydrogen-bond donors (Lipinski definition) is 1. The van der Waals surface area contributed by atoms with Crippen LogP contribution in [0.15, 0.2) is 16.8 Å². The fraction of sp³-hybridized carbons (Fsp3) is 0.600. The van der Waals surface area contributed by atoms with Gasteiger partial charge in [-0.15, -0.1) is 0 Å². The second-order valence-electron chi connectivity index (χ2n) is 3.23. The monoisotopic (exact) mass is 215 g/mol. The lowest BCUT2D eigenvalue weighted by molar-refractivity contribution is 0.577. The molecule has 0 aliphatic carbocycles. The van der Waals surface area contributed by atoms with E-state index in [4.69, 9.17) is 0 Å². The first-order valence-corrected chi connectivity index (χ1v) is 6.75. The minimum atomic E-state index is 0.487. The summed E-state index contributed by atoms with van der Waals surface area (Å²) in [5.74, 6) is 0. The van der Waals surface area contributed by atoms with Gasteiger partial charge in [0.1, 0.15) is 0 Å². The number of thioether (sulfide) groups is 1. The van der Waals surface area contributed by atoms with Crippen LogP contribution in [0.1, 0.15) is 25.5 Å². The van der Waals surface area contributed by atoms with Gasteiger partial charge in [0.05, 0.1) is 0 Å². The first kappa shape index (κ1) is 11.1. The molecule has 13 heavy (non-hydrogen) atoms. The third-order valence-electron chi connectivity index (χ3n) is 2.16. The SMILES string of the molecule is CSC(C)CNC(C)c1ccsc1. The summed E-state index contributed by atoms with van der Waals surface area (Å²) in [6.45, 7) is 5.55. The van der Waals surface area contributed by atoms with E-state index in [9.17, 15) is 0 Å². The molecule has 2 atom stereocenters. The van der Waals surface area contributed by atoms with Gasteiger partial charge in [0.2, 0.25) is 0 Å². The van der Waals surface area contributed by atoms with Crippen molar-refractivity contribution in [3.8, 4) is 0 Å². The highest BCUT2D eigenvalue weighted by Gasteiger charge is 2.06. The number of hydrogen-bond acceptors (Lipinski definition) is 3. The van der Waals surface area contributed by atoms with Crippen LogP contribution in [0.25, 0.3) is 0 Å². The van der Waals surface area contributed by atoms with E-state index in [0.29, 0.717) is 11.3 Å². The van der Waals surface area contributed by atoms with Crippen molar-refractivity contribution >= 4 is 23.1 Å². The molecule has 74 valence electrons. The van der Waals surface area contributed by atoms with E-state index in [1.807, 2.05) is 11.8 Å². The summed E-state index contributed by atoms with van der Waals surface area (Å²) in [7, 11) is 0. The van der Waals surface area contributed by atoms with Crippen LogP contribution in [0.3, 0.4) is 0 Å². The Morgan fingerprint density at radius 3 is 2.85 bits per heavy atom. The second kappa shape index (κ2) is 5.68. The van der Waals surface area contributed by atoms with Gasteiger partial charge in [-0.2, -0.15) is 23.1 Å². The number of rotatable bonds is 5. The Balaban J connectivity index is 2.30. The Kier molecular flexibility index (Phi) is 4.84. The maximum atomic E-state index is 3.52. The van der Waals surface area contributed by atoms with E-state index in [0.717, 1.165) is 6.54 Å². The minimum absolute atomic E-state index is 0.487. The Labute approximate surface area is 88.9 Å². The topological polar surface area (TPSA) is 12.0 Å². The third kappa shape index (κ3) is 3.71. The van der Waals surface area contributed by atoms with Crippen LogP contribution in [-0.4, -0.2) is 18.1 Å². The average molecular weight is 215 g/mol. The molecule has 0 aliphatic heterocycles. The van der Waals surface area contributed by atoms with E-state index >= 15 is 0 Å². The summed E-state index contributed by atoms with van der Waals surface area (Å²) in [6.07, 6.45) is 2.15. The Hall–Kier alpha value is 0.01000. The lowest BCUT2D eigenvalue weighted by Crippen LogP contribution is -2.25. The third-order valence-corrected chi connectivity index (χ3v) is 3.83. The highest BCUT2D eigenvalue weighted by molar-refractivity contribution is 7.99. The maximum Gasteiger partial charge on any atom is 0.0300 e. The summed E-state index contributed by atoms with van der Waals surface area (Å²) in [5, 5.41) is 8.56. The van der Waals surface area contributed by atoms with Crippen LogP contribution in [0, 0.1) is 0 Å². The van der Waals surface area contributed by atoms with Gasteiger partial charge in [0.25, 0.3) is 0 Å². The zero-order valence-electron chi connectivity index (χ0n) is 8.41. The minimum Gasteiger partial charge on any atom is -0.309 e. The summed E-state index contributed by atoms with van der Waals surface area (Å²) >= 11 is 3.67. The van der Waals surface area contributed by atoms with Crippen molar-refractivity contribution in [3.05, 3.63) is 22.4 Å². The predicted molar refractivity (Wildman–Crippen MR) is 63.7 cm³/mol. The summed E-state index contributed by atoms with van der Waals surface area (Å²) < 4.78 is 0. The van der Waals surface area contributed by atoms with Gasteiger partial charge >= 0.3 is 0 Å². The van der Waals surface area contributed by atoms with Crippen LogP contribution < -0.4 is 5.32 Å². The van der Waals surface area contributed by atoms with Crippen LogP contribution in [0.5, 0.6) is 0 Å². The van der Waals surface area contributed by atoms with Gasteiger partial charge in [0.15, 0.2) is 0 Å². The van der Waals surface area contributed by atoms with E-state index in [-0.39, 0.29) is 0 Å². The average Bonchev–Trinajstić information content (AvgIpc) is 2.66. The summed E-state index contributed by atoms with van der Waals surface area (Å²) in [5.41, 5.74) is 1.40. The van der Waals surface area contributed by atoms with Crippen LogP contribution in [-0.2, 0) is 0 Å². The molecule has 1 aromatic rings. The summed E-state index contributed by atoms with van der Waals surface area (Å²) in [4.78, 5) is 0. The van der Waals surface area contributed by atoms with Gasteiger partial charge in [-0.05, 0) is 35.6 Å². The lowest BCUT2D eigenvalue weighted by atomic mass is 10.2. The molecule has 0 saturated carbocycles. The van der Waals surface area contributed by atoms with Crippen molar-refractivity contribution < 1.29 is 0 Å². The molecule has 1 aromatic heterocycles. The van der Waals surface area contributed by atoms with Gasteiger partial charge in [-0.3, -0.25) is 0 Å². The fourth-order valence-electron chi connectivity index (χ4n) is 1.07. The first-order chi connectivity index (χ1) is 6.24. The first-order valence-electron chi connectivity index (χ1n) is 4.52. The maximum absolute atomic E-state index is 3.52. The highest BCUT2D eigenvalue weighted by atomic mass is 32.2. The largest absolute Gasteiger partial charge is 0.309 e. The normalized spacial score (nSPS) is 15.6.